The number of esters is 2. The molecule has 4 bridgehead atoms. The van der Waals surface area contributed by atoms with E-state index in [-0.39, 0.29) is 50.9 Å². The number of amides is 4. The second-order valence-electron chi connectivity index (χ2n) is 17.9. The summed E-state index contributed by atoms with van der Waals surface area (Å²) in [6.45, 7) is 11.8. The SMILES string of the molecule is CO[C@@H]1/C=C/C=C(\C)Cc2cc(C)c(Cl)c(c2)N(C)C(=O)CC(OC(=O)[C@H](C)N(C)C(=O)COCCOc2ccc(N3C(=O)C(C)=C(C)C3=O)cc2)[C@]2(C)O[C@H]2[C@H](C)[C@@H]2C[C@@]1(O)CC(=O)O2. The molecular formula is C49H60ClN3O13. The summed E-state index contributed by atoms with van der Waals surface area (Å²) in [6, 6.07) is 9.11. The number of hydrogen-bond acceptors (Lipinski definition) is 13. The molecule has 66 heavy (non-hydrogen) atoms. The van der Waals surface area contributed by atoms with Crippen LogP contribution >= 0.6 is 11.6 Å². The highest BCUT2D eigenvalue weighted by Gasteiger charge is 2.64. The topological polar surface area (TPSA) is 191 Å². The monoisotopic (exact) mass is 933 g/mol. The van der Waals surface area contributed by atoms with Crippen molar-refractivity contribution in [1.29, 1.82) is 0 Å². The number of epoxide rings is 1. The molecule has 16 nitrogen and oxygen atoms in total. The van der Waals surface area contributed by atoms with Crippen molar-refractivity contribution < 1.29 is 62.3 Å². The van der Waals surface area contributed by atoms with Gasteiger partial charge in [0, 0.05) is 44.7 Å². The highest BCUT2D eigenvalue weighted by atomic mass is 35.5. The van der Waals surface area contributed by atoms with E-state index >= 15 is 0 Å². The van der Waals surface area contributed by atoms with Crippen LogP contribution in [0.1, 0.15) is 71.9 Å². The van der Waals surface area contributed by atoms with Crippen LogP contribution in [-0.2, 0) is 58.9 Å². The van der Waals surface area contributed by atoms with Crippen molar-refractivity contribution in [3.05, 3.63) is 87.5 Å². The van der Waals surface area contributed by atoms with Crippen LogP contribution < -0.4 is 14.5 Å². The molecule has 17 heteroatoms. The molecule has 1 N–H and O–H groups in total. The molecule has 2 saturated heterocycles. The van der Waals surface area contributed by atoms with Crippen molar-refractivity contribution in [2.45, 2.75) is 116 Å². The maximum atomic E-state index is 14.2. The fraction of sp³-hybridized carbons (Fsp3) is 0.510. The highest BCUT2D eigenvalue weighted by Crippen LogP contribution is 2.50. The molecule has 0 aromatic heterocycles. The molecule has 4 heterocycles. The molecule has 0 spiro atoms. The van der Waals surface area contributed by atoms with E-state index in [1.807, 2.05) is 39.0 Å². The number of benzene rings is 2. The van der Waals surface area contributed by atoms with E-state index in [0.717, 1.165) is 21.6 Å². The molecule has 0 aliphatic carbocycles. The van der Waals surface area contributed by atoms with Crippen LogP contribution in [0.25, 0.3) is 0 Å². The quantitative estimate of drug-likeness (QED) is 0.131. The Bertz CT molecular complexity index is 2320. The Morgan fingerprint density at radius 2 is 1.70 bits per heavy atom. The van der Waals surface area contributed by atoms with Crippen LogP contribution in [0.2, 0.25) is 5.02 Å². The number of carbonyl (C=O) groups excluding carboxylic acids is 6. The highest BCUT2D eigenvalue weighted by molar-refractivity contribution is 6.34. The Morgan fingerprint density at radius 1 is 1.03 bits per heavy atom. The zero-order valence-corrected chi connectivity index (χ0v) is 39.9. The number of aryl methyl sites for hydroxylation is 1. The zero-order valence-electron chi connectivity index (χ0n) is 39.2. The minimum Gasteiger partial charge on any atom is -0.491 e. The minimum absolute atomic E-state index is 0.0256. The average molecular weight is 934 g/mol. The number of fused-ring (bicyclic) bond motifs is 5. The molecule has 1 unspecified atom stereocenters. The molecule has 2 aromatic rings. The van der Waals surface area contributed by atoms with Crippen LogP contribution in [0, 0.1) is 12.8 Å². The molecule has 6 rings (SSSR count). The molecule has 356 valence electrons. The maximum absolute atomic E-state index is 14.2. The van der Waals surface area contributed by atoms with Gasteiger partial charge in [-0.25, -0.2) is 9.69 Å². The van der Waals surface area contributed by atoms with E-state index in [0.29, 0.717) is 39.7 Å². The number of hydrogen-bond donors (Lipinski definition) is 1. The van der Waals surface area contributed by atoms with Gasteiger partial charge in [0.2, 0.25) is 11.8 Å². The zero-order chi connectivity index (χ0) is 48.4. The van der Waals surface area contributed by atoms with Gasteiger partial charge in [-0.3, -0.25) is 24.0 Å². The molecule has 4 aliphatic rings. The third-order valence-corrected chi connectivity index (χ3v) is 13.7. The average Bonchev–Trinajstić information content (AvgIpc) is 3.93. The first-order chi connectivity index (χ1) is 31.1. The number of halogens is 1. The van der Waals surface area contributed by atoms with Gasteiger partial charge in [-0.05, 0) is 89.4 Å². The van der Waals surface area contributed by atoms with Crippen molar-refractivity contribution in [2.75, 3.05) is 50.8 Å². The lowest BCUT2D eigenvalue weighted by Gasteiger charge is -2.41. The number of aliphatic hydroxyl groups is 1. The Kier molecular flexibility index (Phi) is 15.3. The predicted molar refractivity (Wildman–Crippen MR) is 244 cm³/mol. The van der Waals surface area contributed by atoms with Crippen LogP contribution in [0.15, 0.2) is 71.3 Å². The van der Waals surface area contributed by atoms with Gasteiger partial charge in [-0.15, -0.1) is 0 Å². The Labute approximate surface area is 390 Å². The van der Waals surface area contributed by atoms with E-state index in [1.165, 1.54) is 30.9 Å². The number of methoxy groups -OCH3 is 1. The second-order valence-corrected chi connectivity index (χ2v) is 18.3. The molecule has 2 fully saturated rings. The molecule has 8 atom stereocenters. The fourth-order valence-corrected chi connectivity index (χ4v) is 8.90. The van der Waals surface area contributed by atoms with Gasteiger partial charge in [0.05, 0.1) is 41.9 Å². The third-order valence-electron chi connectivity index (χ3n) is 13.2. The number of rotatable bonds is 11. The number of likely N-dealkylation sites (N-methyl/N-ethyl adjacent to an activating group) is 1. The fourth-order valence-electron chi connectivity index (χ4n) is 8.66. The summed E-state index contributed by atoms with van der Waals surface area (Å²) in [4.78, 5) is 83.3. The summed E-state index contributed by atoms with van der Waals surface area (Å²) >= 11 is 6.81. The Morgan fingerprint density at radius 3 is 2.35 bits per heavy atom. The summed E-state index contributed by atoms with van der Waals surface area (Å²) < 4.78 is 35.2. The number of imide groups is 1. The summed E-state index contributed by atoms with van der Waals surface area (Å²) in [5, 5.41) is 12.3. The van der Waals surface area contributed by atoms with Crippen molar-refractivity contribution in [2.24, 2.45) is 5.92 Å². The molecular weight excluding hydrogens is 874 g/mol. The number of allylic oxidation sites excluding steroid dienone is 3. The predicted octanol–water partition coefficient (Wildman–Crippen LogP) is 5.37. The van der Waals surface area contributed by atoms with Gasteiger partial charge >= 0.3 is 11.9 Å². The Hall–Kier alpha value is -5.39. The van der Waals surface area contributed by atoms with Gasteiger partial charge in [0.15, 0.2) is 0 Å². The largest absolute Gasteiger partial charge is 0.491 e. The van der Waals surface area contributed by atoms with E-state index in [9.17, 15) is 33.9 Å². The lowest BCUT2D eigenvalue weighted by atomic mass is 9.78. The van der Waals surface area contributed by atoms with Gasteiger partial charge in [0.1, 0.15) is 54.5 Å². The first-order valence-corrected chi connectivity index (χ1v) is 22.3. The van der Waals surface area contributed by atoms with Gasteiger partial charge < -0.3 is 43.3 Å². The van der Waals surface area contributed by atoms with Crippen LogP contribution in [-0.4, -0.2) is 128 Å². The van der Waals surface area contributed by atoms with E-state index in [1.54, 1.807) is 64.2 Å². The lowest BCUT2D eigenvalue weighted by Crippen LogP contribution is -2.53. The molecule has 4 amide bonds. The van der Waals surface area contributed by atoms with Crippen LogP contribution in [0.4, 0.5) is 11.4 Å². The Balaban J connectivity index is 1.13. The minimum atomic E-state index is -1.60. The number of anilines is 2. The van der Waals surface area contributed by atoms with Crippen molar-refractivity contribution >= 4 is 58.5 Å². The van der Waals surface area contributed by atoms with E-state index < -0.39 is 71.3 Å². The number of carbonyl (C=O) groups is 6. The van der Waals surface area contributed by atoms with Crippen molar-refractivity contribution in [3.8, 4) is 5.75 Å². The van der Waals surface area contributed by atoms with Crippen LogP contribution in [0.5, 0.6) is 5.75 Å². The smallest absolute Gasteiger partial charge is 0.328 e. The van der Waals surface area contributed by atoms with E-state index in [2.05, 4.69) is 0 Å². The van der Waals surface area contributed by atoms with Gasteiger partial charge in [-0.2, -0.15) is 0 Å². The molecule has 0 saturated carbocycles. The first-order valence-electron chi connectivity index (χ1n) is 21.9. The summed E-state index contributed by atoms with van der Waals surface area (Å²) in [7, 11) is 4.50. The third kappa shape index (κ3) is 10.6. The maximum Gasteiger partial charge on any atom is 0.328 e. The lowest BCUT2D eigenvalue weighted by molar-refractivity contribution is -0.187. The molecule has 0 radical (unpaired) electrons. The second kappa shape index (κ2) is 20.2. The number of nitrogens with zero attached hydrogens (tertiary/aromatic N) is 3. The summed E-state index contributed by atoms with van der Waals surface area (Å²) in [5.74, 6) is -3.16. The summed E-state index contributed by atoms with van der Waals surface area (Å²) in [5.41, 5.74) is 1.46. The molecule has 2 aromatic carbocycles. The van der Waals surface area contributed by atoms with Gasteiger partial charge in [0.25, 0.3) is 11.8 Å². The molecule has 4 aliphatic heterocycles. The van der Waals surface area contributed by atoms with Crippen molar-refractivity contribution in [3.63, 3.8) is 0 Å². The standard InChI is InChI=1S/C49H60ClN3O13/c1-27-12-11-13-38(61-10)49(60)24-37(64-42(56)25-49)31(5)44-48(7,66-44)39(23-40(54)52(9)36-22-33(20-27)21-28(2)43(36)50)65-47(59)32(6)51(8)41(55)26-62-18-19-63-35-16-14-34(15-17-35)53-45(57)29(3)30(4)46(53)58/h11-17,21-22,31-32,37-39,44,60H,18-20,23-26H2,1-10H3/b13-11+,27-12+/t31-,32+,37+,38-,39?,44+,48+,49-/m1/s1. The normalized spacial score (nSPS) is 28.8. The number of ether oxygens (including phenoxy) is 6. The summed E-state index contributed by atoms with van der Waals surface area (Å²) in [6.07, 6.45) is 1.82. The van der Waals surface area contributed by atoms with E-state index in [4.69, 9.17) is 40.0 Å². The first kappa shape index (κ1) is 50.0. The van der Waals surface area contributed by atoms with Crippen LogP contribution in [0.3, 0.4) is 0 Å². The van der Waals surface area contributed by atoms with Gasteiger partial charge in [-0.1, -0.05) is 48.4 Å². The van der Waals surface area contributed by atoms with Crippen molar-refractivity contribution in [1.82, 2.24) is 4.90 Å².